The Kier molecular flexibility index (Phi) is 5.39. The smallest absolute Gasteiger partial charge is 0.255 e. The zero-order valence-corrected chi connectivity index (χ0v) is 17.0. The fraction of sp³-hybridized carbons (Fsp3) is 0.167. The summed E-state index contributed by atoms with van der Waals surface area (Å²) in [4.78, 5) is 17.1. The second-order valence-electron chi connectivity index (χ2n) is 7.08. The Morgan fingerprint density at radius 3 is 2.50 bits per heavy atom. The van der Waals surface area contributed by atoms with E-state index in [2.05, 4.69) is 10.3 Å². The van der Waals surface area contributed by atoms with Gasteiger partial charge in [-0.05, 0) is 68.4 Å². The summed E-state index contributed by atoms with van der Waals surface area (Å²) >= 11 is 0. The van der Waals surface area contributed by atoms with Crippen LogP contribution in [0, 0.1) is 0 Å². The summed E-state index contributed by atoms with van der Waals surface area (Å²) in [5.74, 6) is 1.72. The SMILES string of the molecule is COc1ccc2oc(-c3cccc(NC(=O)c4ccc(OC(C)C)cc4)c3)nc2c1. The van der Waals surface area contributed by atoms with Crippen molar-refractivity contribution in [2.24, 2.45) is 0 Å². The van der Waals surface area contributed by atoms with Crippen LogP contribution in [0.1, 0.15) is 24.2 Å². The Morgan fingerprint density at radius 1 is 1.00 bits per heavy atom. The molecule has 1 N–H and O–H groups in total. The molecule has 0 spiro atoms. The third kappa shape index (κ3) is 4.27. The molecule has 0 aliphatic rings. The zero-order chi connectivity index (χ0) is 21.1. The van der Waals surface area contributed by atoms with Gasteiger partial charge in [0.2, 0.25) is 5.89 Å². The number of carbonyl (C=O) groups excluding carboxylic acids is 1. The Balaban J connectivity index is 1.52. The highest BCUT2D eigenvalue weighted by Gasteiger charge is 2.12. The van der Waals surface area contributed by atoms with Crippen LogP contribution in [0.15, 0.2) is 71.1 Å². The van der Waals surface area contributed by atoms with Gasteiger partial charge in [-0.25, -0.2) is 4.98 Å². The van der Waals surface area contributed by atoms with Crippen molar-refractivity contribution in [2.75, 3.05) is 12.4 Å². The first kappa shape index (κ1) is 19.5. The number of benzene rings is 3. The Labute approximate surface area is 174 Å². The van der Waals surface area contributed by atoms with Crippen LogP contribution in [-0.4, -0.2) is 24.1 Å². The van der Waals surface area contributed by atoms with Crippen molar-refractivity contribution < 1.29 is 18.7 Å². The van der Waals surface area contributed by atoms with E-state index in [0.717, 1.165) is 11.3 Å². The summed E-state index contributed by atoms with van der Waals surface area (Å²) < 4.78 is 16.7. The molecule has 30 heavy (non-hydrogen) atoms. The molecule has 0 bridgehead atoms. The molecular weight excluding hydrogens is 380 g/mol. The zero-order valence-electron chi connectivity index (χ0n) is 17.0. The monoisotopic (exact) mass is 402 g/mol. The van der Waals surface area contributed by atoms with E-state index < -0.39 is 0 Å². The molecule has 0 aliphatic carbocycles. The van der Waals surface area contributed by atoms with E-state index in [4.69, 9.17) is 13.9 Å². The molecule has 0 fully saturated rings. The average molecular weight is 402 g/mol. The molecule has 0 radical (unpaired) electrons. The summed E-state index contributed by atoms with van der Waals surface area (Å²) in [6, 6.07) is 19.9. The highest BCUT2D eigenvalue weighted by molar-refractivity contribution is 6.04. The van der Waals surface area contributed by atoms with Crippen LogP contribution in [0.25, 0.3) is 22.6 Å². The van der Waals surface area contributed by atoms with Crippen molar-refractivity contribution in [1.82, 2.24) is 4.98 Å². The molecule has 152 valence electrons. The minimum absolute atomic E-state index is 0.0837. The maximum atomic E-state index is 12.6. The van der Waals surface area contributed by atoms with Gasteiger partial charge in [-0.15, -0.1) is 0 Å². The first-order valence-electron chi connectivity index (χ1n) is 9.65. The van der Waals surface area contributed by atoms with Crippen LogP contribution < -0.4 is 14.8 Å². The van der Waals surface area contributed by atoms with E-state index >= 15 is 0 Å². The standard InChI is InChI=1S/C24H22N2O4/c1-15(2)29-19-9-7-16(8-10-19)23(27)25-18-6-4-5-17(13-18)24-26-21-14-20(28-3)11-12-22(21)30-24/h4-15H,1-3H3,(H,25,27). The molecule has 1 aromatic heterocycles. The third-order valence-electron chi connectivity index (χ3n) is 4.45. The van der Waals surface area contributed by atoms with Gasteiger partial charge in [0.05, 0.1) is 13.2 Å². The summed E-state index contributed by atoms with van der Waals surface area (Å²) in [6.07, 6.45) is 0.0837. The van der Waals surface area contributed by atoms with E-state index in [-0.39, 0.29) is 12.0 Å². The van der Waals surface area contributed by atoms with Crippen molar-refractivity contribution in [1.29, 1.82) is 0 Å². The molecule has 0 saturated carbocycles. The molecule has 1 amide bonds. The molecule has 1 heterocycles. The number of nitrogens with zero attached hydrogens (tertiary/aromatic N) is 1. The minimum atomic E-state index is -0.203. The van der Waals surface area contributed by atoms with Crippen LogP contribution in [0.4, 0.5) is 5.69 Å². The number of amides is 1. The topological polar surface area (TPSA) is 73.6 Å². The highest BCUT2D eigenvalue weighted by atomic mass is 16.5. The van der Waals surface area contributed by atoms with Crippen molar-refractivity contribution in [2.45, 2.75) is 20.0 Å². The lowest BCUT2D eigenvalue weighted by Gasteiger charge is -2.10. The number of rotatable bonds is 6. The van der Waals surface area contributed by atoms with E-state index in [1.54, 1.807) is 31.4 Å². The number of aromatic nitrogens is 1. The lowest BCUT2D eigenvalue weighted by Crippen LogP contribution is -2.12. The van der Waals surface area contributed by atoms with Gasteiger partial charge in [-0.1, -0.05) is 6.07 Å². The van der Waals surface area contributed by atoms with E-state index in [0.29, 0.717) is 34.0 Å². The number of oxazole rings is 1. The Bertz CT molecular complexity index is 1180. The van der Waals surface area contributed by atoms with Gasteiger partial charge < -0.3 is 19.2 Å². The maximum Gasteiger partial charge on any atom is 0.255 e. The van der Waals surface area contributed by atoms with Crippen molar-refractivity contribution in [3.8, 4) is 23.0 Å². The molecule has 6 nitrogen and oxygen atoms in total. The minimum Gasteiger partial charge on any atom is -0.497 e. The van der Waals surface area contributed by atoms with Crippen LogP contribution in [-0.2, 0) is 0 Å². The number of hydrogen-bond donors (Lipinski definition) is 1. The molecule has 3 aromatic carbocycles. The van der Waals surface area contributed by atoms with Gasteiger partial charge in [-0.2, -0.15) is 0 Å². The number of ether oxygens (including phenoxy) is 2. The molecule has 0 saturated heterocycles. The lowest BCUT2D eigenvalue weighted by molar-refractivity contribution is 0.102. The number of nitrogens with one attached hydrogen (secondary N) is 1. The van der Waals surface area contributed by atoms with Crippen LogP contribution in [0.2, 0.25) is 0 Å². The van der Waals surface area contributed by atoms with E-state index in [1.165, 1.54) is 0 Å². The van der Waals surface area contributed by atoms with Gasteiger partial charge >= 0.3 is 0 Å². The molecule has 4 aromatic rings. The summed E-state index contributed by atoms with van der Waals surface area (Å²) in [5, 5.41) is 2.91. The van der Waals surface area contributed by atoms with Gasteiger partial charge in [0, 0.05) is 22.9 Å². The van der Waals surface area contributed by atoms with Gasteiger partial charge in [0.15, 0.2) is 5.58 Å². The number of fused-ring (bicyclic) bond motifs is 1. The highest BCUT2D eigenvalue weighted by Crippen LogP contribution is 2.28. The predicted octanol–water partition coefficient (Wildman–Crippen LogP) is 5.54. The number of hydrogen-bond acceptors (Lipinski definition) is 5. The van der Waals surface area contributed by atoms with Crippen LogP contribution >= 0.6 is 0 Å². The summed E-state index contributed by atoms with van der Waals surface area (Å²) in [5.41, 5.74) is 3.35. The van der Waals surface area contributed by atoms with Gasteiger partial charge in [-0.3, -0.25) is 4.79 Å². The van der Waals surface area contributed by atoms with Gasteiger partial charge in [0.25, 0.3) is 5.91 Å². The lowest BCUT2D eigenvalue weighted by atomic mass is 10.1. The van der Waals surface area contributed by atoms with Crippen molar-refractivity contribution >= 4 is 22.7 Å². The quantitative estimate of drug-likeness (QED) is 0.458. The van der Waals surface area contributed by atoms with E-state index in [9.17, 15) is 4.79 Å². The largest absolute Gasteiger partial charge is 0.497 e. The Morgan fingerprint density at radius 2 is 1.77 bits per heavy atom. The van der Waals surface area contributed by atoms with Crippen molar-refractivity contribution in [3.63, 3.8) is 0 Å². The fourth-order valence-electron chi connectivity index (χ4n) is 3.05. The molecule has 0 aliphatic heterocycles. The maximum absolute atomic E-state index is 12.6. The first-order valence-corrected chi connectivity index (χ1v) is 9.65. The van der Waals surface area contributed by atoms with Crippen LogP contribution in [0.5, 0.6) is 11.5 Å². The predicted molar refractivity (Wildman–Crippen MR) is 116 cm³/mol. The number of methoxy groups -OCH3 is 1. The van der Waals surface area contributed by atoms with Gasteiger partial charge in [0.1, 0.15) is 17.0 Å². The number of carbonyl (C=O) groups is 1. The number of anilines is 1. The van der Waals surface area contributed by atoms with E-state index in [1.807, 2.05) is 56.3 Å². The normalized spacial score (nSPS) is 10.9. The molecular formula is C24H22N2O4. The van der Waals surface area contributed by atoms with Crippen LogP contribution in [0.3, 0.4) is 0 Å². The third-order valence-corrected chi connectivity index (χ3v) is 4.45. The second-order valence-corrected chi connectivity index (χ2v) is 7.08. The molecule has 6 heteroatoms. The Hall–Kier alpha value is -3.80. The fourth-order valence-corrected chi connectivity index (χ4v) is 3.05. The molecule has 0 unspecified atom stereocenters. The second kappa shape index (κ2) is 8.29. The molecule has 0 atom stereocenters. The summed E-state index contributed by atoms with van der Waals surface area (Å²) in [7, 11) is 1.61. The van der Waals surface area contributed by atoms with Crippen molar-refractivity contribution in [3.05, 3.63) is 72.3 Å². The average Bonchev–Trinajstić information content (AvgIpc) is 3.17. The first-order chi connectivity index (χ1) is 14.5. The molecule has 4 rings (SSSR count). The summed E-state index contributed by atoms with van der Waals surface area (Å²) in [6.45, 7) is 3.92.